The van der Waals surface area contributed by atoms with E-state index in [9.17, 15) is 0 Å². The van der Waals surface area contributed by atoms with Gasteiger partial charge in [0, 0.05) is 23.2 Å². The number of rotatable bonds is 6. The molecule has 0 radical (unpaired) electrons. The van der Waals surface area contributed by atoms with Crippen LogP contribution in [0.25, 0.3) is 5.78 Å². The summed E-state index contributed by atoms with van der Waals surface area (Å²) in [6, 6.07) is 2.15. The smallest absolute Gasteiger partial charge is 0.234 e. The summed E-state index contributed by atoms with van der Waals surface area (Å²) in [5.74, 6) is 0.837. The van der Waals surface area contributed by atoms with E-state index < -0.39 is 0 Å². The molecule has 0 aromatic carbocycles. The molecule has 2 aromatic rings. The summed E-state index contributed by atoms with van der Waals surface area (Å²) in [5, 5.41) is 0. The molecule has 2 rings (SSSR count). The summed E-state index contributed by atoms with van der Waals surface area (Å²) in [6.45, 7) is 13.5. The predicted molar refractivity (Wildman–Crippen MR) is 88.9 cm³/mol. The molecule has 0 saturated carbocycles. The summed E-state index contributed by atoms with van der Waals surface area (Å²) in [5.41, 5.74) is 2.61. The van der Waals surface area contributed by atoms with Gasteiger partial charge in [-0.15, -0.1) is 0 Å². The zero-order chi connectivity index (χ0) is 15.7. The highest BCUT2D eigenvalue weighted by molar-refractivity contribution is 5.36. The van der Waals surface area contributed by atoms with Crippen molar-refractivity contribution in [1.82, 2.24) is 14.4 Å². The van der Waals surface area contributed by atoms with Crippen molar-refractivity contribution in [2.24, 2.45) is 0 Å². The van der Waals surface area contributed by atoms with Crippen molar-refractivity contribution in [2.75, 3.05) is 0 Å². The standard InChI is InChI=1S/C18H29N3/c1-7-17(5,8-2)14-11-12-21-13-15(20-16(21)19-14)18(6,9-3)10-4/h11-13H,7-10H2,1-6H3. The highest BCUT2D eigenvalue weighted by Gasteiger charge is 2.27. The maximum atomic E-state index is 4.84. The van der Waals surface area contributed by atoms with E-state index in [1.165, 1.54) is 0 Å². The number of hydrogen-bond donors (Lipinski definition) is 0. The molecule has 2 heterocycles. The van der Waals surface area contributed by atoms with Gasteiger partial charge in [-0.3, -0.25) is 4.40 Å². The van der Waals surface area contributed by atoms with E-state index in [1.54, 1.807) is 0 Å². The van der Waals surface area contributed by atoms with E-state index in [0.717, 1.165) is 42.8 Å². The quantitative estimate of drug-likeness (QED) is 0.757. The number of imidazole rings is 1. The Labute approximate surface area is 128 Å². The number of hydrogen-bond acceptors (Lipinski definition) is 2. The molecule has 3 nitrogen and oxygen atoms in total. The van der Waals surface area contributed by atoms with E-state index in [-0.39, 0.29) is 10.8 Å². The van der Waals surface area contributed by atoms with Crippen LogP contribution in [-0.4, -0.2) is 14.4 Å². The second kappa shape index (κ2) is 5.78. The third-order valence-corrected chi connectivity index (χ3v) is 5.68. The van der Waals surface area contributed by atoms with Crippen LogP contribution in [0.1, 0.15) is 78.6 Å². The molecule has 0 bridgehead atoms. The Bertz CT molecular complexity index is 588. The van der Waals surface area contributed by atoms with Crippen molar-refractivity contribution < 1.29 is 0 Å². The zero-order valence-corrected chi connectivity index (χ0v) is 14.4. The average Bonchev–Trinajstić information content (AvgIpc) is 2.96. The van der Waals surface area contributed by atoms with E-state index in [4.69, 9.17) is 9.97 Å². The van der Waals surface area contributed by atoms with Crippen LogP contribution in [0.3, 0.4) is 0 Å². The van der Waals surface area contributed by atoms with E-state index >= 15 is 0 Å². The minimum Gasteiger partial charge on any atom is -0.291 e. The van der Waals surface area contributed by atoms with Gasteiger partial charge in [0.05, 0.1) is 11.4 Å². The maximum absolute atomic E-state index is 4.84. The molecule has 0 atom stereocenters. The first-order valence-electron chi connectivity index (χ1n) is 8.29. The normalized spacial score (nSPS) is 13.0. The maximum Gasteiger partial charge on any atom is 0.234 e. The lowest BCUT2D eigenvalue weighted by atomic mass is 9.81. The molecule has 21 heavy (non-hydrogen) atoms. The van der Waals surface area contributed by atoms with Crippen LogP contribution in [-0.2, 0) is 10.8 Å². The minimum absolute atomic E-state index is 0.146. The Balaban J connectivity index is 2.51. The third-order valence-electron chi connectivity index (χ3n) is 5.68. The fourth-order valence-electron chi connectivity index (χ4n) is 2.72. The lowest BCUT2D eigenvalue weighted by Crippen LogP contribution is -2.21. The molecule has 0 amide bonds. The number of fused-ring (bicyclic) bond motifs is 1. The average molecular weight is 287 g/mol. The first-order chi connectivity index (χ1) is 9.92. The summed E-state index contributed by atoms with van der Waals surface area (Å²) in [4.78, 5) is 9.66. The Morgan fingerprint density at radius 3 is 1.86 bits per heavy atom. The molecule has 0 fully saturated rings. The molecule has 0 aliphatic rings. The van der Waals surface area contributed by atoms with Crippen LogP contribution in [0.15, 0.2) is 18.5 Å². The van der Waals surface area contributed by atoms with Gasteiger partial charge in [0.1, 0.15) is 0 Å². The molecule has 0 spiro atoms. The molecule has 0 aliphatic carbocycles. The molecule has 0 N–H and O–H groups in total. The molecular weight excluding hydrogens is 258 g/mol. The van der Waals surface area contributed by atoms with Gasteiger partial charge in [-0.2, -0.15) is 0 Å². The summed E-state index contributed by atoms with van der Waals surface area (Å²) in [7, 11) is 0. The summed E-state index contributed by atoms with van der Waals surface area (Å²) in [6.07, 6.45) is 8.66. The topological polar surface area (TPSA) is 30.2 Å². The second-order valence-corrected chi connectivity index (χ2v) is 6.68. The van der Waals surface area contributed by atoms with Gasteiger partial charge in [-0.25, -0.2) is 9.97 Å². The van der Waals surface area contributed by atoms with Crippen molar-refractivity contribution in [3.8, 4) is 0 Å². The van der Waals surface area contributed by atoms with Gasteiger partial charge in [-0.05, 0) is 31.7 Å². The Hall–Kier alpha value is -1.38. The van der Waals surface area contributed by atoms with Crippen molar-refractivity contribution in [2.45, 2.75) is 78.1 Å². The monoisotopic (exact) mass is 287 g/mol. The third kappa shape index (κ3) is 2.70. The highest BCUT2D eigenvalue weighted by atomic mass is 15.1. The van der Waals surface area contributed by atoms with E-state index in [2.05, 4.69) is 64.4 Å². The van der Waals surface area contributed by atoms with Crippen LogP contribution in [0.4, 0.5) is 0 Å². The van der Waals surface area contributed by atoms with Gasteiger partial charge in [0.25, 0.3) is 0 Å². The molecule has 0 aliphatic heterocycles. The van der Waals surface area contributed by atoms with Crippen molar-refractivity contribution in [3.63, 3.8) is 0 Å². The lowest BCUT2D eigenvalue weighted by molar-refractivity contribution is 0.425. The summed E-state index contributed by atoms with van der Waals surface area (Å²) < 4.78 is 2.06. The van der Waals surface area contributed by atoms with Crippen molar-refractivity contribution in [3.05, 3.63) is 29.8 Å². The number of aromatic nitrogens is 3. The van der Waals surface area contributed by atoms with Gasteiger partial charge < -0.3 is 0 Å². The van der Waals surface area contributed by atoms with Gasteiger partial charge in [0.2, 0.25) is 5.78 Å². The van der Waals surface area contributed by atoms with Crippen LogP contribution in [0.5, 0.6) is 0 Å². The Kier molecular flexibility index (Phi) is 4.40. The molecule has 3 heteroatoms. The summed E-state index contributed by atoms with van der Waals surface area (Å²) >= 11 is 0. The van der Waals surface area contributed by atoms with E-state index in [0.29, 0.717) is 0 Å². The molecule has 2 aromatic heterocycles. The number of nitrogens with zero attached hydrogens (tertiary/aromatic N) is 3. The van der Waals surface area contributed by atoms with Gasteiger partial charge in [-0.1, -0.05) is 41.5 Å². The van der Waals surface area contributed by atoms with E-state index in [1.807, 2.05) is 0 Å². The Morgan fingerprint density at radius 2 is 1.33 bits per heavy atom. The first-order valence-corrected chi connectivity index (χ1v) is 8.29. The van der Waals surface area contributed by atoms with Crippen LogP contribution < -0.4 is 0 Å². The minimum atomic E-state index is 0.146. The molecule has 0 unspecified atom stereocenters. The SMILES string of the molecule is CCC(C)(CC)c1ccn2cc(C(C)(CC)CC)nc2n1. The lowest BCUT2D eigenvalue weighted by Gasteiger charge is -2.25. The van der Waals surface area contributed by atoms with Gasteiger partial charge in [0.15, 0.2) is 0 Å². The van der Waals surface area contributed by atoms with Crippen LogP contribution in [0.2, 0.25) is 0 Å². The van der Waals surface area contributed by atoms with Gasteiger partial charge >= 0.3 is 0 Å². The van der Waals surface area contributed by atoms with Crippen molar-refractivity contribution >= 4 is 5.78 Å². The molecule has 116 valence electrons. The highest BCUT2D eigenvalue weighted by Crippen LogP contribution is 2.32. The first kappa shape index (κ1) is 16.0. The molecular formula is C18H29N3. The van der Waals surface area contributed by atoms with Crippen molar-refractivity contribution in [1.29, 1.82) is 0 Å². The predicted octanol–water partition coefficient (Wildman–Crippen LogP) is 4.88. The second-order valence-electron chi connectivity index (χ2n) is 6.68. The fourth-order valence-corrected chi connectivity index (χ4v) is 2.72. The van der Waals surface area contributed by atoms with Crippen LogP contribution in [0, 0.1) is 0 Å². The Morgan fingerprint density at radius 1 is 0.857 bits per heavy atom. The molecule has 0 saturated heterocycles. The zero-order valence-electron chi connectivity index (χ0n) is 14.4. The largest absolute Gasteiger partial charge is 0.291 e. The fraction of sp³-hybridized carbons (Fsp3) is 0.667. The van der Waals surface area contributed by atoms with Crippen LogP contribution >= 0.6 is 0 Å².